The van der Waals surface area contributed by atoms with E-state index in [1.165, 1.54) is 59.7 Å². The second-order valence-corrected chi connectivity index (χ2v) is 17.4. The number of hydrogen-bond donors (Lipinski definition) is 1. The predicted octanol–water partition coefficient (Wildman–Crippen LogP) is 11.7. The third kappa shape index (κ3) is 9.98. The fourth-order valence-corrected chi connectivity index (χ4v) is 9.04. The predicted molar refractivity (Wildman–Crippen MR) is 259 cm³/mol. The Balaban J connectivity index is 0.000000168. The van der Waals surface area contributed by atoms with Crippen molar-refractivity contribution in [2.24, 2.45) is 0 Å². The van der Waals surface area contributed by atoms with E-state index in [0.717, 1.165) is 74.6 Å². The molecule has 2 aliphatic heterocycles. The molecule has 0 aliphatic carbocycles. The molecule has 2 saturated heterocycles. The Kier molecular flexibility index (Phi) is 13.0. The standard InChI is InChI=1S/C28H26FN3O2.C27H24FN3O2/c1-18-3-5-19(6-4-18)20-13-15-32(16-14-20)27-26(21-7-10-23(29)11-8-21)30-25-17-22(28(33)34-2)9-12-24(25)31-27;1-17-2-4-18(5-3-17)19-12-14-31(15-13-19)26-25(20-6-9-22(28)10-7-20)29-24-16-21(27(32)33)8-11-23(24)30-26/h3-12,17,20H,13-16H2,1-2H3;2-11,16,19H,12-15H2,1H3,(H,32,33). The van der Waals surface area contributed by atoms with Crippen LogP contribution in [0.25, 0.3) is 44.6 Å². The van der Waals surface area contributed by atoms with Gasteiger partial charge in [0, 0.05) is 37.3 Å². The van der Waals surface area contributed by atoms with Gasteiger partial charge in [0.25, 0.3) is 0 Å². The lowest BCUT2D eigenvalue weighted by atomic mass is 9.89. The van der Waals surface area contributed by atoms with Crippen LogP contribution < -0.4 is 9.80 Å². The molecular formula is C55H50F2N6O4. The molecule has 0 bridgehead atoms. The molecule has 0 amide bonds. The number of aryl methyl sites for hydroxylation is 2. The normalized spacial score (nSPS) is 14.5. The number of methoxy groups -OCH3 is 1. The van der Waals surface area contributed by atoms with Crippen LogP contribution in [0.3, 0.4) is 0 Å². The van der Waals surface area contributed by atoms with Gasteiger partial charge in [-0.2, -0.15) is 0 Å². The molecule has 2 aromatic heterocycles. The minimum absolute atomic E-state index is 0.161. The summed E-state index contributed by atoms with van der Waals surface area (Å²) in [7, 11) is 1.35. The molecule has 0 atom stereocenters. The quantitative estimate of drug-likeness (QED) is 0.148. The van der Waals surface area contributed by atoms with E-state index in [4.69, 9.17) is 24.7 Å². The number of rotatable bonds is 8. The van der Waals surface area contributed by atoms with E-state index >= 15 is 0 Å². The highest BCUT2D eigenvalue weighted by Gasteiger charge is 2.27. The van der Waals surface area contributed by atoms with Gasteiger partial charge in [-0.3, -0.25) is 0 Å². The smallest absolute Gasteiger partial charge is 0.337 e. The van der Waals surface area contributed by atoms with Crippen molar-refractivity contribution in [3.63, 3.8) is 0 Å². The highest BCUT2D eigenvalue weighted by Crippen LogP contribution is 2.37. The molecule has 67 heavy (non-hydrogen) atoms. The van der Waals surface area contributed by atoms with Crippen LogP contribution in [0.4, 0.5) is 20.4 Å². The van der Waals surface area contributed by atoms with Crippen LogP contribution in [0, 0.1) is 25.5 Å². The van der Waals surface area contributed by atoms with Crippen molar-refractivity contribution >= 4 is 45.6 Å². The molecule has 338 valence electrons. The van der Waals surface area contributed by atoms with Crippen LogP contribution in [0.5, 0.6) is 0 Å². The molecule has 6 aromatic carbocycles. The lowest BCUT2D eigenvalue weighted by molar-refractivity contribution is 0.0600. The lowest BCUT2D eigenvalue weighted by Crippen LogP contribution is -2.34. The summed E-state index contributed by atoms with van der Waals surface area (Å²) in [5.41, 5.74) is 11.2. The third-order valence-electron chi connectivity index (χ3n) is 12.9. The van der Waals surface area contributed by atoms with Crippen molar-refractivity contribution in [1.29, 1.82) is 0 Å². The van der Waals surface area contributed by atoms with Gasteiger partial charge in [-0.15, -0.1) is 0 Å². The summed E-state index contributed by atoms with van der Waals surface area (Å²) in [6, 6.07) is 40.0. The zero-order chi connectivity index (χ0) is 46.6. The van der Waals surface area contributed by atoms with Crippen LogP contribution in [0.1, 0.15) is 80.5 Å². The molecule has 10 nitrogen and oxygen atoms in total. The van der Waals surface area contributed by atoms with Crippen LogP contribution >= 0.6 is 0 Å². The van der Waals surface area contributed by atoms with Crippen molar-refractivity contribution in [2.75, 3.05) is 43.1 Å². The number of ether oxygens (including phenoxy) is 1. The Hall–Kier alpha value is -7.60. The van der Waals surface area contributed by atoms with Crippen molar-refractivity contribution < 1.29 is 28.2 Å². The summed E-state index contributed by atoms with van der Waals surface area (Å²) in [6.07, 6.45) is 4.05. The molecule has 12 heteroatoms. The molecule has 0 unspecified atom stereocenters. The minimum Gasteiger partial charge on any atom is -0.478 e. The van der Waals surface area contributed by atoms with Crippen molar-refractivity contribution in [1.82, 2.24) is 19.9 Å². The first-order valence-corrected chi connectivity index (χ1v) is 22.6. The number of esters is 1. The van der Waals surface area contributed by atoms with E-state index in [2.05, 4.69) is 72.2 Å². The molecule has 2 aliphatic rings. The largest absolute Gasteiger partial charge is 0.478 e. The van der Waals surface area contributed by atoms with Crippen LogP contribution in [-0.2, 0) is 4.74 Å². The molecule has 8 aromatic rings. The average Bonchev–Trinajstić information content (AvgIpc) is 3.36. The lowest BCUT2D eigenvalue weighted by Gasteiger charge is -2.34. The number of piperidine rings is 2. The highest BCUT2D eigenvalue weighted by atomic mass is 19.1. The number of fused-ring (bicyclic) bond motifs is 2. The van der Waals surface area contributed by atoms with Crippen LogP contribution in [0.2, 0.25) is 0 Å². The van der Waals surface area contributed by atoms with E-state index in [9.17, 15) is 23.5 Å². The van der Waals surface area contributed by atoms with E-state index < -0.39 is 11.9 Å². The Morgan fingerprint density at radius 2 is 0.910 bits per heavy atom. The number of aromatic nitrogens is 4. The Labute approximate surface area is 388 Å². The maximum Gasteiger partial charge on any atom is 0.337 e. The molecule has 4 heterocycles. The van der Waals surface area contributed by atoms with Gasteiger partial charge in [0.05, 0.1) is 40.3 Å². The number of carbonyl (C=O) groups is 2. The van der Waals surface area contributed by atoms with Gasteiger partial charge in [0.1, 0.15) is 23.0 Å². The first-order valence-electron chi connectivity index (χ1n) is 22.6. The van der Waals surface area contributed by atoms with E-state index in [1.807, 2.05) is 0 Å². The highest BCUT2D eigenvalue weighted by molar-refractivity contribution is 5.95. The minimum atomic E-state index is -1.01. The van der Waals surface area contributed by atoms with Crippen molar-refractivity contribution in [2.45, 2.75) is 51.4 Å². The molecule has 1 N–H and O–H groups in total. The summed E-state index contributed by atoms with van der Waals surface area (Å²) in [5.74, 6) is 0.502. The van der Waals surface area contributed by atoms with Gasteiger partial charge in [-0.1, -0.05) is 59.7 Å². The molecule has 0 spiro atoms. The SMILES string of the molecule is COC(=O)c1ccc2nc(N3CCC(c4ccc(C)cc4)CC3)c(-c3ccc(F)cc3)nc2c1.Cc1ccc(C2CCN(c3nc4ccc(C(=O)O)cc4nc3-c3ccc(F)cc3)CC2)cc1. The molecule has 0 saturated carbocycles. The van der Waals surface area contributed by atoms with Crippen molar-refractivity contribution in [3.8, 4) is 22.5 Å². The fraction of sp³-hybridized carbons (Fsp3) is 0.236. The van der Waals surface area contributed by atoms with Crippen molar-refractivity contribution in [3.05, 3.63) is 178 Å². The molecule has 0 radical (unpaired) electrons. The number of aromatic carboxylic acids is 1. The van der Waals surface area contributed by atoms with E-state index in [0.29, 0.717) is 50.9 Å². The monoisotopic (exact) mass is 896 g/mol. The molecular weight excluding hydrogens is 847 g/mol. The second kappa shape index (κ2) is 19.5. The first-order chi connectivity index (χ1) is 32.5. The fourth-order valence-electron chi connectivity index (χ4n) is 9.04. The molecule has 10 rings (SSSR count). The maximum absolute atomic E-state index is 13.6. The summed E-state index contributed by atoms with van der Waals surface area (Å²) in [6.45, 7) is 7.58. The molecule has 2 fully saturated rings. The number of anilines is 2. The Morgan fingerprint density at radius 3 is 1.30 bits per heavy atom. The van der Waals surface area contributed by atoms with Gasteiger partial charge in [0.15, 0.2) is 11.6 Å². The zero-order valence-corrected chi connectivity index (χ0v) is 37.6. The maximum atomic E-state index is 13.6. The van der Waals surface area contributed by atoms with E-state index in [1.54, 1.807) is 54.6 Å². The number of benzene rings is 6. The summed E-state index contributed by atoms with van der Waals surface area (Å²) in [4.78, 5) is 47.4. The van der Waals surface area contributed by atoms with E-state index in [-0.39, 0.29) is 17.2 Å². The number of nitrogens with zero attached hydrogens (tertiary/aromatic N) is 6. The zero-order valence-electron chi connectivity index (χ0n) is 37.6. The van der Waals surface area contributed by atoms with Gasteiger partial charge in [-0.25, -0.2) is 38.3 Å². The van der Waals surface area contributed by atoms with Gasteiger partial charge in [0.2, 0.25) is 0 Å². The number of hydrogen-bond acceptors (Lipinski definition) is 9. The summed E-state index contributed by atoms with van der Waals surface area (Å²) in [5, 5.41) is 9.36. The summed E-state index contributed by atoms with van der Waals surface area (Å²) >= 11 is 0. The first kappa shape index (κ1) is 44.6. The second-order valence-electron chi connectivity index (χ2n) is 17.4. The Morgan fingerprint density at radius 1 is 0.522 bits per heavy atom. The third-order valence-corrected chi connectivity index (χ3v) is 12.9. The van der Waals surface area contributed by atoms with Crippen LogP contribution in [0.15, 0.2) is 133 Å². The number of carbonyl (C=O) groups excluding carboxylic acids is 1. The van der Waals surface area contributed by atoms with Crippen LogP contribution in [-0.4, -0.2) is 70.3 Å². The van der Waals surface area contributed by atoms with Gasteiger partial charge < -0.3 is 19.6 Å². The summed E-state index contributed by atoms with van der Waals surface area (Å²) < 4.78 is 32.0. The van der Waals surface area contributed by atoms with Gasteiger partial charge >= 0.3 is 11.9 Å². The number of halogens is 2. The van der Waals surface area contributed by atoms with Gasteiger partial charge in [-0.05, 0) is 147 Å². The topological polar surface area (TPSA) is 122 Å². The average molecular weight is 897 g/mol. The Bertz CT molecular complexity index is 3060. The number of carboxylic acid groups (broad SMARTS) is 1. The number of carboxylic acids is 1.